The summed E-state index contributed by atoms with van der Waals surface area (Å²) in [5, 5.41) is 0. The highest BCUT2D eigenvalue weighted by atomic mass is 14.8. The van der Waals surface area contributed by atoms with Crippen LogP contribution in [-0.4, -0.2) is 5.54 Å². The minimum atomic E-state index is 0.0217. The molecule has 1 heteroatoms. The van der Waals surface area contributed by atoms with E-state index < -0.39 is 0 Å². The zero-order chi connectivity index (χ0) is 11.6. The van der Waals surface area contributed by atoms with Gasteiger partial charge < -0.3 is 5.73 Å². The second kappa shape index (κ2) is 4.58. The van der Waals surface area contributed by atoms with E-state index in [1.54, 1.807) is 0 Å². The van der Waals surface area contributed by atoms with Gasteiger partial charge in [-0.15, -0.1) is 0 Å². The van der Waals surface area contributed by atoms with Crippen LogP contribution in [0.1, 0.15) is 38.7 Å². The van der Waals surface area contributed by atoms with Gasteiger partial charge in [0.25, 0.3) is 0 Å². The zero-order valence-electron chi connectivity index (χ0n) is 10.4. The molecule has 0 bridgehead atoms. The van der Waals surface area contributed by atoms with Crippen LogP contribution < -0.4 is 5.73 Å². The van der Waals surface area contributed by atoms with Gasteiger partial charge in [-0.3, -0.25) is 0 Å². The number of rotatable bonds is 2. The summed E-state index contributed by atoms with van der Waals surface area (Å²) in [4.78, 5) is 0. The van der Waals surface area contributed by atoms with Crippen molar-refractivity contribution in [1.29, 1.82) is 0 Å². The predicted octanol–water partition coefficient (Wildman–Crippen LogP) is 3.38. The lowest BCUT2D eigenvalue weighted by Crippen LogP contribution is -2.51. The molecule has 1 saturated carbocycles. The van der Waals surface area contributed by atoms with Crippen molar-refractivity contribution in [2.75, 3.05) is 0 Å². The minimum absolute atomic E-state index is 0.0217. The Labute approximate surface area is 99.0 Å². The van der Waals surface area contributed by atoms with E-state index >= 15 is 0 Å². The lowest BCUT2D eigenvalue weighted by Gasteiger charge is -2.42. The Hall–Kier alpha value is -0.820. The third kappa shape index (κ3) is 2.46. The van der Waals surface area contributed by atoms with Gasteiger partial charge in [-0.1, -0.05) is 44.2 Å². The molecular formula is C15H23N. The number of hydrogen-bond acceptors (Lipinski definition) is 1. The average Bonchev–Trinajstić information content (AvgIpc) is 2.26. The second-order valence-corrected chi connectivity index (χ2v) is 5.68. The Kier molecular flexibility index (Phi) is 3.34. The summed E-state index contributed by atoms with van der Waals surface area (Å²) in [6.07, 6.45) is 4.77. The van der Waals surface area contributed by atoms with E-state index in [-0.39, 0.29) is 5.54 Å². The van der Waals surface area contributed by atoms with E-state index in [0.717, 1.165) is 12.3 Å². The lowest BCUT2D eigenvalue weighted by molar-refractivity contribution is 0.163. The molecule has 0 saturated heterocycles. The van der Waals surface area contributed by atoms with Crippen molar-refractivity contribution in [1.82, 2.24) is 0 Å². The fourth-order valence-corrected chi connectivity index (χ4v) is 2.96. The summed E-state index contributed by atoms with van der Waals surface area (Å²) >= 11 is 0. The van der Waals surface area contributed by atoms with Gasteiger partial charge >= 0.3 is 0 Å². The molecular weight excluding hydrogens is 194 g/mol. The normalized spacial score (nSPS) is 34.9. The van der Waals surface area contributed by atoms with E-state index in [4.69, 9.17) is 5.73 Å². The quantitative estimate of drug-likeness (QED) is 0.807. The molecule has 1 fully saturated rings. The summed E-state index contributed by atoms with van der Waals surface area (Å²) < 4.78 is 0. The standard InChI is InChI=1S/C15H23N/c1-12-8-9-15(16,13(2)10-12)11-14-6-4-3-5-7-14/h3-7,12-13H,8-11,16H2,1-2H3. The Bertz CT molecular complexity index is 333. The maximum atomic E-state index is 6.60. The van der Waals surface area contributed by atoms with Gasteiger partial charge in [0.2, 0.25) is 0 Å². The average molecular weight is 217 g/mol. The van der Waals surface area contributed by atoms with Crippen LogP contribution in [0.5, 0.6) is 0 Å². The molecule has 1 aromatic rings. The van der Waals surface area contributed by atoms with Crippen molar-refractivity contribution in [3.05, 3.63) is 35.9 Å². The highest BCUT2D eigenvalue weighted by Crippen LogP contribution is 2.37. The highest BCUT2D eigenvalue weighted by Gasteiger charge is 2.36. The molecule has 0 radical (unpaired) electrons. The molecule has 2 rings (SSSR count). The predicted molar refractivity (Wildman–Crippen MR) is 69.2 cm³/mol. The maximum absolute atomic E-state index is 6.60. The van der Waals surface area contributed by atoms with Crippen LogP contribution in [0.15, 0.2) is 30.3 Å². The number of hydrogen-bond donors (Lipinski definition) is 1. The van der Waals surface area contributed by atoms with Gasteiger partial charge in [0, 0.05) is 5.54 Å². The summed E-state index contributed by atoms with van der Waals surface area (Å²) in [6.45, 7) is 4.66. The van der Waals surface area contributed by atoms with Crippen molar-refractivity contribution in [3.63, 3.8) is 0 Å². The molecule has 3 atom stereocenters. The molecule has 3 unspecified atom stereocenters. The first-order valence-electron chi connectivity index (χ1n) is 6.43. The van der Waals surface area contributed by atoms with Gasteiger partial charge in [-0.05, 0) is 43.1 Å². The van der Waals surface area contributed by atoms with Gasteiger partial charge in [0.1, 0.15) is 0 Å². The summed E-state index contributed by atoms with van der Waals surface area (Å²) in [5.74, 6) is 1.49. The fraction of sp³-hybridized carbons (Fsp3) is 0.600. The highest BCUT2D eigenvalue weighted by molar-refractivity contribution is 5.18. The van der Waals surface area contributed by atoms with Crippen molar-refractivity contribution in [2.45, 2.75) is 45.1 Å². The van der Waals surface area contributed by atoms with Crippen LogP contribution in [0.25, 0.3) is 0 Å². The molecule has 0 amide bonds. The SMILES string of the molecule is CC1CCC(N)(Cc2ccccc2)C(C)C1. The molecule has 16 heavy (non-hydrogen) atoms. The van der Waals surface area contributed by atoms with Gasteiger partial charge in [-0.2, -0.15) is 0 Å². The van der Waals surface area contributed by atoms with E-state index in [2.05, 4.69) is 44.2 Å². The Morgan fingerprint density at radius 3 is 2.56 bits per heavy atom. The van der Waals surface area contributed by atoms with Crippen LogP contribution >= 0.6 is 0 Å². The summed E-state index contributed by atoms with van der Waals surface area (Å²) in [6, 6.07) is 10.7. The summed E-state index contributed by atoms with van der Waals surface area (Å²) in [5.41, 5.74) is 8.00. The first-order chi connectivity index (χ1) is 7.60. The first kappa shape index (κ1) is 11.7. The molecule has 1 nitrogen and oxygen atoms in total. The molecule has 0 heterocycles. The Morgan fingerprint density at radius 1 is 1.25 bits per heavy atom. The molecule has 0 spiro atoms. The van der Waals surface area contributed by atoms with Crippen LogP contribution in [0.4, 0.5) is 0 Å². The van der Waals surface area contributed by atoms with Crippen molar-refractivity contribution in [3.8, 4) is 0 Å². The monoisotopic (exact) mass is 217 g/mol. The van der Waals surface area contributed by atoms with Crippen molar-refractivity contribution < 1.29 is 0 Å². The van der Waals surface area contributed by atoms with Crippen LogP contribution in [-0.2, 0) is 6.42 Å². The fourth-order valence-electron chi connectivity index (χ4n) is 2.96. The van der Waals surface area contributed by atoms with Gasteiger partial charge in [0.15, 0.2) is 0 Å². The molecule has 1 aromatic carbocycles. The second-order valence-electron chi connectivity index (χ2n) is 5.68. The lowest BCUT2D eigenvalue weighted by atomic mass is 9.68. The Balaban J connectivity index is 2.08. The third-order valence-corrected chi connectivity index (χ3v) is 4.22. The van der Waals surface area contributed by atoms with E-state index in [1.165, 1.54) is 24.8 Å². The molecule has 0 aromatic heterocycles. The van der Waals surface area contributed by atoms with E-state index in [1.807, 2.05) is 0 Å². The smallest absolute Gasteiger partial charge is 0.0221 e. The number of benzene rings is 1. The van der Waals surface area contributed by atoms with Crippen LogP contribution in [0.2, 0.25) is 0 Å². The van der Waals surface area contributed by atoms with E-state index in [9.17, 15) is 0 Å². The largest absolute Gasteiger partial charge is 0.325 e. The van der Waals surface area contributed by atoms with E-state index in [0.29, 0.717) is 5.92 Å². The number of nitrogens with two attached hydrogens (primary N) is 1. The van der Waals surface area contributed by atoms with Gasteiger partial charge in [-0.25, -0.2) is 0 Å². The topological polar surface area (TPSA) is 26.0 Å². The van der Waals surface area contributed by atoms with Crippen LogP contribution in [0, 0.1) is 11.8 Å². The zero-order valence-corrected chi connectivity index (χ0v) is 10.4. The molecule has 1 aliphatic rings. The third-order valence-electron chi connectivity index (χ3n) is 4.22. The summed E-state index contributed by atoms with van der Waals surface area (Å²) in [7, 11) is 0. The first-order valence-corrected chi connectivity index (χ1v) is 6.43. The van der Waals surface area contributed by atoms with Crippen molar-refractivity contribution >= 4 is 0 Å². The molecule has 1 aliphatic carbocycles. The molecule has 0 aliphatic heterocycles. The maximum Gasteiger partial charge on any atom is 0.0221 e. The molecule has 88 valence electrons. The minimum Gasteiger partial charge on any atom is -0.325 e. The van der Waals surface area contributed by atoms with Crippen LogP contribution in [0.3, 0.4) is 0 Å². The van der Waals surface area contributed by atoms with Crippen molar-refractivity contribution in [2.24, 2.45) is 17.6 Å². The molecule has 2 N–H and O–H groups in total. The Morgan fingerprint density at radius 2 is 1.94 bits per heavy atom. The van der Waals surface area contributed by atoms with Gasteiger partial charge in [0.05, 0.1) is 0 Å².